The van der Waals surface area contributed by atoms with Crippen molar-refractivity contribution in [1.29, 1.82) is 0 Å². The molecule has 14 heteroatoms. The standard InChI is InChI=1S/2C36H24N4.C33H21N5S/c1-3-13-25(14-4-1)27-17-7-9-19-29(27)39-30-20-10-8-18-28(30)34-31(39)22-23-32-35(34)38-36(26-15-5-2-6-16-26)40(32)33-21-11-12-24-37-33;1-3-12-25(13-4-1)27-16-11-17-28(24-27)39-30-19-8-7-18-29(30)34-31(39)21-22-32-35(34)38-36(26-14-5-2-6-15-26)40(32)33-20-9-10-23-37-33;1-2-7-26-25(6-1)31-27(37(26)24-12-10-22(11-13-24)29-8-5-21-39-29)14-15-28-32(31)36-33(23-16-19-34-20-17-23)38(28)30-9-3-4-18-35-30/h2*1-24H;1-21H. The first-order chi connectivity index (χ1) is 59.1. The number of pyridine rings is 4. The quantitative estimate of drug-likeness (QED) is 0.119. The number of hydrogen-bond donors (Lipinski definition) is 0. The Morgan fingerprint density at radius 3 is 1.07 bits per heavy atom. The first-order valence-corrected chi connectivity index (χ1v) is 40.5. The van der Waals surface area contributed by atoms with Crippen molar-refractivity contribution in [2.75, 3.05) is 0 Å². The topological polar surface area (TPSA) is 120 Å². The molecule has 119 heavy (non-hydrogen) atoms. The second kappa shape index (κ2) is 29.7. The molecule has 0 atom stereocenters. The van der Waals surface area contributed by atoms with Gasteiger partial charge in [0.25, 0.3) is 0 Å². The van der Waals surface area contributed by atoms with Gasteiger partial charge >= 0.3 is 0 Å². The summed E-state index contributed by atoms with van der Waals surface area (Å²) in [6.45, 7) is 0. The van der Waals surface area contributed by atoms with Crippen LogP contribution in [0.15, 0.2) is 419 Å². The summed E-state index contributed by atoms with van der Waals surface area (Å²) in [4.78, 5) is 35.5. The number of rotatable bonds is 12. The smallest absolute Gasteiger partial charge is 0.147 e. The lowest BCUT2D eigenvalue weighted by atomic mass is 10.0. The molecular formula is C105H69N13S. The third-order valence-electron chi connectivity index (χ3n) is 22.4. The van der Waals surface area contributed by atoms with Gasteiger partial charge in [0.1, 0.15) is 34.9 Å². The number of imidazole rings is 3. The summed E-state index contributed by atoms with van der Waals surface area (Å²) in [6, 6.07) is 133. The van der Waals surface area contributed by atoms with E-state index in [0.717, 1.165) is 151 Å². The number of hydrogen-bond acceptors (Lipinski definition) is 8. The Hall–Kier alpha value is -16.0. The van der Waals surface area contributed by atoms with Crippen molar-refractivity contribution in [1.82, 2.24) is 62.3 Å². The van der Waals surface area contributed by atoms with Crippen molar-refractivity contribution in [3.63, 3.8) is 0 Å². The average molecular weight is 1540 g/mol. The van der Waals surface area contributed by atoms with Crippen molar-refractivity contribution in [2.45, 2.75) is 0 Å². The van der Waals surface area contributed by atoms with Crippen LogP contribution >= 0.6 is 11.3 Å². The highest BCUT2D eigenvalue weighted by Gasteiger charge is 2.27. The molecule has 0 aliphatic rings. The highest BCUT2D eigenvalue weighted by Crippen LogP contribution is 2.45. The minimum absolute atomic E-state index is 0.832. The lowest BCUT2D eigenvalue weighted by Crippen LogP contribution is -1.99. The molecule has 24 rings (SSSR count). The molecule has 0 spiro atoms. The molecule has 13 nitrogen and oxygen atoms in total. The molecule has 0 radical (unpaired) electrons. The van der Waals surface area contributed by atoms with Gasteiger partial charge in [0.2, 0.25) is 0 Å². The average Bonchev–Trinajstić information content (AvgIpc) is 1.57. The highest BCUT2D eigenvalue weighted by molar-refractivity contribution is 7.13. The van der Waals surface area contributed by atoms with Gasteiger partial charge in [-0.3, -0.25) is 18.7 Å². The second-order valence-electron chi connectivity index (χ2n) is 29.2. The van der Waals surface area contributed by atoms with Crippen LogP contribution in [-0.4, -0.2) is 62.3 Å². The number of nitrogens with zero attached hydrogens (tertiary/aromatic N) is 13. The van der Waals surface area contributed by atoms with E-state index in [0.29, 0.717) is 0 Å². The zero-order valence-electron chi connectivity index (χ0n) is 64.1. The Morgan fingerprint density at radius 1 is 0.218 bits per heavy atom. The first-order valence-electron chi connectivity index (χ1n) is 39.7. The van der Waals surface area contributed by atoms with Crippen molar-refractivity contribution in [2.24, 2.45) is 0 Å². The summed E-state index contributed by atoms with van der Waals surface area (Å²) in [5.41, 5.74) is 25.3. The molecule has 0 saturated heterocycles. The van der Waals surface area contributed by atoms with E-state index in [9.17, 15) is 0 Å². The van der Waals surface area contributed by atoms with E-state index in [2.05, 4.69) is 346 Å². The Balaban J connectivity index is 0.000000107. The van der Waals surface area contributed by atoms with Gasteiger partial charge < -0.3 is 13.7 Å². The molecule has 0 amide bonds. The molecule has 0 N–H and O–H groups in total. The third-order valence-corrected chi connectivity index (χ3v) is 23.3. The van der Waals surface area contributed by atoms with E-state index >= 15 is 0 Å². The Kier molecular flexibility index (Phi) is 17.4. The van der Waals surface area contributed by atoms with E-state index in [1.807, 2.05) is 97.5 Å². The Labute approximate surface area is 687 Å². The molecule has 0 bridgehead atoms. The summed E-state index contributed by atoms with van der Waals surface area (Å²) in [6.07, 6.45) is 9.10. The van der Waals surface area contributed by atoms with Crippen LogP contribution in [0.4, 0.5) is 0 Å². The lowest BCUT2D eigenvalue weighted by Gasteiger charge is -2.14. The molecule has 11 aromatic heterocycles. The van der Waals surface area contributed by atoms with Gasteiger partial charge in [0.05, 0.1) is 71.9 Å². The Morgan fingerprint density at radius 2 is 0.605 bits per heavy atom. The summed E-state index contributed by atoms with van der Waals surface area (Å²) >= 11 is 1.76. The van der Waals surface area contributed by atoms with Crippen LogP contribution in [0.5, 0.6) is 0 Å². The first kappa shape index (κ1) is 69.7. The zero-order chi connectivity index (χ0) is 78.7. The number of fused-ring (bicyclic) bond motifs is 15. The zero-order valence-corrected chi connectivity index (χ0v) is 64.9. The second-order valence-corrected chi connectivity index (χ2v) is 30.2. The lowest BCUT2D eigenvalue weighted by molar-refractivity contribution is 1.03. The van der Waals surface area contributed by atoms with E-state index in [1.54, 1.807) is 23.7 Å². The predicted octanol–water partition coefficient (Wildman–Crippen LogP) is 26.0. The van der Waals surface area contributed by atoms with Crippen LogP contribution in [0.3, 0.4) is 0 Å². The van der Waals surface area contributed by atoms with Gasteiger partial charge in [-0.15, -0.1) is 11.3 Å². The minimum Gasteiger partial charge on any atom is -0.309 e. The third kappa shape index (κ3) is 12.1. The van der Waals surface area contributed by atoms with Crippen LogP contribution in [0.2, 0.25) is 0 Å². The van der Waals surface area contributed by atoms with E-state index < -0.39 is 0 Å². The number of aromatic nitrogens is 13. The van der Waals surface area contributed by atoms with Gasteiger partial charge in [0, 0.05) is 102 Å². The van der Waals surface area contributed by atoms with Crippen LogP contribution in [0.25, 0.3) is 200 Å². The summed E-state index contributed by atoms with van der Waals surface area (Å²) in [5, 5.41) is 9.07. The molecule has 0 fully saturated rings. The van der Waals surface area contributed by atoms with Crippen LogP contribution in [0.1, 0.15) is 0 Å². The van der Waals surface area contributed by atoms with Crippen LogP contribution in [-0.2, 0) is 0 Å². The molecule has 24 aromatic rings. The van der Waals surface area contributed by atoms with Crippen LogP contribution < -0.4 is 0 Å². The molecule has 0 aliphatic heterocycles. The van der Waals surface area contributed by atoms with Crippen molar-refractivity contribution in [3.05, 3.63) is 419 Å². The van der Waals surface area contributed by atoms with E-state index in [1.165, 1.54) is 48.9 Å². The van der Waals surface area contributed by atoms with Crippen molar-refractivity contribution < 1.29 is 0 Å². The maximum atomic E-state index is 5.33. The fourth-order valence-corrected chi connectivity index (χ4v) is 17.9. The monoisotopic (exact) mass is 1540 g/mol. The van der Waals surface area contributed by atoms with Gasteiger partial charge in [-0.05, 0) is 167 Å². The summed E-state index contributed by atoms with van der Waals surface area (Å²) in [5.74, 6) is 5.13. The van der Waals surface area contributed by atoms with Crippen LogP contribution in [0, 0.1) is 0 Å². The van der Waals surface area contributed by atoms with Crippen molar-refractivity contribution in [3.8, 4) is 101 Å². The number of thiophene rings is 1. The SMILES string of the molecule is c1ccc(-c2cccc(-n3c4ccccc4c4c5nc(-c6ccccc6)n(-c6ccccn6)c5ccc43)c2)cc1.c1ccc(-c2ccccc2-n2c3ccccc3c3c4nc(-c5ccccc5)n(-c5ccccn5)c4ccc32)cc1.c1ccc(-n2c(-c3ccncc3)nc3c4c5ccccc5n(-c5ccc(-c6cccs6)cc5)c4ccc32)nc1. The maximum absolute atomic E-state index is 5.33. The highest BCUT2D eigenvalue weighted by atomic mass is 32.1. The van der Waals surface area contributed by atoms with E-state index in [4.69, 9.17) is 24.9 Å². The Bertz CT molecular complexity index is 7860. The summed E-state index contributed by atoms with van der Waals surface area (Å²) < 4.78 is 13.6. The van der Waals surface area contributed by atoms with Gasteiger partial charge in [-0.1, -0.05) is 243 Å². The molecule has 0 aliphatic carbocycles. The molecule has 11 heterocycles. The largest absolute Gasteiger partial charge is 0.309 e. The number of benzene rings is 13. The van der Waals surface area contributed by atoms with E-state index in [-0.39, 0.29) is 0 Å². The normalized spacial score (nSPS) is 11.5. The van der Waals surface area contributed by atoms with Gasteiger partial charge in [0.15, 0.2) is 0 Å². The number of para-hydroxylation sites is 4. The molecule has 13 aromatic carbocycles. The molecule has 0 saturated carbocycles. The molecular weight excluding hydrogens is 1480 g/mol. The maximum Gasteiger partial charge on any atom is 0.147 e. The van der Waals surface area contributed by atoms with Gasteiger partial charge in [-0.2, -0.15) is 0 Å². The molecule has 560 valence electrons. The molecule has 0 unspecified atom stereocenters. The van der Waals surface area contributed by atoms with Crippen molar-refractivity contribution >= 4 is 110 Å². The summed E-state index contributed by atoms with van der Waals surface area (Å²) in [7, 11) is 0. The fraction of sp³-hybridized carbons (Fsp3) is 0. The minimum atomic E-state index is 0.832. The van der Waals surface area contributed by atoms with Gasteiger partial charge in [-0.25, -0.2) is 29.9 Å². The predicted molar refractivity (Wildman–Crippen MR) is 488 cm³/mol. The fourth-order valence-electron chi connectivity index (χ4n) is 17.2.